The van der Waals surface area contributed by atoms with Crippen LogP contribution in [0.2, 0.25) is 0 Å². The molecular weight excluding hydrogens is 444 g/mol. The van der Waals surface area contributed by atoms with Gasteiger partial charge >= 0.3 is 12.1 Å². The molecule has 2 aliphatic rings. The lowest BCUT2D eigenvalue weighted by molar-refractivity contribution is -0.158. The van der Waals surface area contributed by atoms with E-state index < -0.39 is 6.11 Å². The van der Waals surface area contributed by atoms with Crippen molar-refractivity contribution in [3.63, 3.8) is 0 Å². The third kappa shape index (κ3) is 6.22. The van der Waals surface area contributed by atoms with Crippen LogP contribution in [0.25, 0.3) is 0 Å². The zero-order valence-corrected chi connectivity index (χ0v) is 19.1. The number of benzene rings is 2. The second kappa shape index (κ2) is 10.4. The SMILES string of the molecule is CC(F)(F)Oc1ccc(C2CC(NC(=O)c3ccccc3)CN(C(=O)N3CCOCC3)C2)cc1. The molecule has 2 heterocycles. The number of piperidine rings is 1. The summed E-state index contributed by atoms with van der Waals surface area (Å²) in [6, 6.07) is 15.1. The highest BCUT2D eigenvalue weighted by atomic mass is 19.3. The van der Waals surface area contributed by atoms with Gasteiger partial charge in [0.05, 0.1) is 13.2 Å². The van der Waals surface area contributed by atoms with E-state index in [2.05, 4.69) is 10.1 Å². The van der Waals surface area contributed by atoms with Gasteiger partial charge in [-0.05, 0) is 36.2 Å². The molecule has 182 valence electrons. The van der Waals surface area contributed by atoms with Gasteiger partial charge in [0.2, 0.25) is 0 Å². The van der Waals surface area contributed by atoms with Crippen molar-refractivity contribution < 1.29 is 27.8 Å². The number of rotatable bonds is 5. The Labute approximate surface area is 197 Å². The van der Waals surface area contributed by atoms with Gasteiger partial charge in [0.25, 0.3) is 5.91 Å². The number of ether oxygens (including phenoxy) is 2. The van der Waals surface area contributed by atoms with E-state index in [9.17, 15) is 18.4 Å². The monoisotopic (exact) mass is 473 g/mol. The van der Waals surface area contributed by atoms with Crippen molar-refractivity contribution in [1.82, 2.24) is 15.1 Å². The largest absolute Gasteiger partial charge is 0.433 e. The minimum absolute atomic E-state index is 0.0715. The van der Waals surface area contributed by atoms with Crippen LogP contribution >= 0.6 is 0 Å². The Morgan fingerprint density at radius 1 is 1.00 bits per heavy atom. The summed E-state index contributed by atoms with van der Waals surface area (Å²) >= 11 is 0. The smallest absolute Gasteiger partial charge is 0.394 e. The summed E-state index contributed by atoms with van der Waals surface area (Å²) in [6.07, 6.45) is -2.64. The predicted octanol–water partition coefficient (Wildman–Crippen LogP) is 3.72. The van der Waals surface area contributed by atoms with Gasteiger partial charge in [-0.3, -0.25) is 4.79 Å². The molecule has 2 aliphatic heterocycles. The summed E-state index contributed by atoms with van der Waals surface area (Å²) in [6.45, 7) is 3.61. The molecular formula is C25H29F2N3O4. The topological polar surface area (TPSA) is 71.1 Å². The van der Waals surface area contributed by atoms with Crippen molar-refractivity contribution in [2.45, 2.75) is 31.4 Å². The minimum atomic E-state index is -3.26. The maximum Gasteiger partial charge on any atom is 0.394 e. The van der Waals surface area contributed by atoms with Crippen LogP contribution in [-0.4, -0.2) is 73.3 Å². The highest BCUT2D eigenvalue weighted by Gasteiger charge is 2.34. The minimum Gasteiger partial charge on any atom is -0.433 e. The van der Waals surface area contributed by atoms with Gasteiger partial charge in [-0.25, -0.2) is 4.79 Å². The summed E-state index contributed by atoms with van der Waals surface area (Å²) in [5.41, 5.74) is 1.45. The Morgan fingerprint density at radius 2 is 1.68 bits per heavy atom. The summed E-state index contributed by atoms with van der Waals surface area (Å²) in [5, 5.41) is 3.07. The van der Waals surface area contributed by atoms with Gasteiger partial charge < -0.3 is 24.6 Å². The summed E-state index contributed by atoms with van der Waals surface area (Å²) in [7, 11) is 0. The number of nitrogens with one attached hydrogen (secondary N) is 1. The van der Waals surface area contributed by atoms with Crippen LogP contribution in [-0.2, 0) is 4.74 Å². The molecule has 0 aliphatic carbocycles. The first-order valence-corrected chi connectivity index (χ1v) is 11.4. The van der Waals surface area contributed by atoms with Crippen LogP contribution in [0.4, 0.5) is 13.6 Å². The molecule has 2 atom stereocenters. The Hall–Kier alpha value is -3.20. The van der Waals surface area contributed by atoms with Gasteiger partial charge in [0, 0.05) is 50.6 Å². The van der Waals surface area contributed by atoms with Crippen LogP contribution in [0.1, 0.15) is 35.2 Å². The molecule has 2 aromatic rings. The highest BCUT2D eigenvalue weighted by Crippen LogP contribution is 2.30. The number of amides is 3. The number of hydrogen-bond acceptors (Lipinski definition) is 4. The zero-order chi connectivity index (χ0) is 24.1. The Bertz CT molecular complexity index is 976. The van der Waals surface area contributed by atoms with Crippen molar-refractivity contribution in [2.24, 2.45) is 0 Å². The third-order valence-corrected chi connectivity index (χ3v) is 6.02. The van der Waals surface area contributed by atoms with E-state index in [1.165, 1.54) is 12.1 Å². The number of alkyl halides is 2. The molecule has 7 nitrogen and oxygen atoms in total. The molecule has 4 rings (SSSR count). The van der Waals surface area contributed by atoms with E-state index >= 15 is 0 Å². The molecule has 0 aromatic heterocycles. The standard InChI is InChI=1S/C25H29F2N3O4/c1-25(26,27)34-22-9-7-18(8-10-22)20-15-21(28-23(31)19-5-3-2-4-6-19)17-30(16-20)24(32)29-11-13-33-14-12-29/h2-10,20-21H,11-17H2,1H3,(H,28,31). The number of likely N-dealkylation sites (tertiary alicyclic amines) is 1. The predicted molar refractivity (Wildman–Crippen MR) is 122 cm³/mol. The van der Waals surface area contributed by atoms with Crippen molar-refractivity contribution in [2.75, 3.05) is 39.4 Å². The van der Waals surface area contributed by atoms with Crippen LogP contribution < -0.4 is 10.1 Å². The van der Waals surface area contributed by atoms with Crippen molar-refractivity contribution in [3.8, 4) is 5.75 Å². The zero-order valence-electron chi connectivity index (χ0n) is 19.1. The lowest BCUT2D eigenvalue weighted by atomic mass is 9.88. The van der Waals surface area contributed by atoms with Crippen molar-refractivity contribution in [1.29, 1.82) is 0 Å². The van der Waals surface area contributed by atoms with Gasteiger partial charge in [0.1, 0.15) is 5.75 Å². The Morgan fingerprint density at radius 3 is 2.32 bits per heavy atom. The molecule has 1 N–H and O–H groups in total. The summed E-state index contributed by atoms with van der Waals surface area (Å²) in [4.78, 5) is 29.5. The van der Waals surface area contributed by atoms with E-state index in [1.807, 2.05) is 6.07 Å². The summed E-state index contributed by atoms with van der Waals surface area (Å²) in [5.74, 6) is -0.197. The molecule has 9 heteroatoms. The molecule has 0 radical (unpaired) electrons. The van der Waals surface area contributed by atoms with Gasteiger partial charge in [0.15, 0.2) is 0 Å². The average Bonchev–Trinajstić information content (AvgIpc) is 2.84. The second-order valence-electron chi connectivity index (χ2n) is 8.73. The molecule has 0 saturated carbocycles. The highest BCUT2D eigenvalue weighted by molar-refractivity contribution is 5.94. The fourth-order valence-electron chi connectivity index (χ4n) is 4.43. The normalized spacial score (nSPS) is 21.1. The van der Waals surface area contributed by atoms with E-state index in [1.54, 1.807) is 46.2 Å². The first-order valence-electron chi connectivity index (χ1n) is 11.4. The van der Waals surface area contributed by atoms with Gasteiger partial charge in [-0.1, -0.05) is 30.3 Å². The number of morpholine rings is 1. The maximum atomic E-state index is 13.2. The van der Waals surface area contributed by atoms with Gasteiger partial charge in [-0.15, -0.1) is 0 Å². The first-order chi connectivity index (χ1) is 16.3. The molecule has 34 heavy (non-hydrogen) atoms. The quantitative estimate of drug-likeness (QED) is 0.719. The summed E-state index contributed by atoms with van der Waals surface area (Å²) < 4.78 is 36.3. The molecule has 2 unspecified atom stereocenters. The fraction of sp³-hybridized carbons (Fsp3) is 0.440. The third-order valence-electron chi connectivity index (χ3n) is 6.02. The number of urea groups is 1. The molecule has 2 saturated heterocycles. The molecule has 0 spiro atoms. The number of carbonyl (C=O) groups is 2. The Balaban J connectivity index is 1.51. The molecule has 2 fully saturated rings. The van der Waals surface area contributed by atoms with Gasteiger partial charge in [-0.2, -0.15) is 8.78 Å². The first kappa shape index (κ1) is 23.9. The number of carbonyl (C=O) groups excluding carboxylic acids is 2. The maximum absolute atomic E-state index is 13.2. The number of halogens is 2. The van der Waals surface area contributed by atoms with Crippen molar-refractivity contribution >= 4 is 11.9 Å². The number of nitrogens with zero attached hydrogens (tertiary/aromatic N) is 2. The van der Waals surface area contributed by atoms with Crippen LogP contribution in [0.3, 0.4) is 0 Å². The number of hydrogen-bond donors (Lipinski definition) is 1. The van der Waals surface area contributed by atoms with Crippen LogP contribution in [0.5, 0.6) is 5.75 Å². The molecule has 3 amide bonds. The second-order valence-corrected chi connectivity index (χ2v) is 8.73. The lowest BCUT2D eigenvalue weighted by Gasteiger charge is -2.41. The fourth-order valence-corrected chi connectivity index (χ4v) is 4.43. The Kier molecular flexibility index (Phi) is 7.31. The van der Waals surface area contributed by atoms with E-state index in [0.29, 0.717) is 58.3 Å². The van der Waals surface area contributed by atoms with Crippen LogP contribution in [0, 0.1) is 0 Å². The molecule has 0 bridgehead atoms. The lowest BCUT2D eigenvalue weighted by Crippen LogP contribution is -2.56. The van der Waals surface area contributed by atoms with E-state index in [-0.39, 0.29) is 29.6 Å². The van der Waals surface area contributed by atoms with Crippen LogP contribution in [0.15, 0.2) is 54.6 Å². The van der Waals surface area contributed by atoms with E-state index in [4.69, 9.17) is 4.74 Å². The molecule has 2 aromatic carbocycles. The van der Waals surface area contributed by atoms with E-state index in [0.717, 1.165) is 5.56 Å². The van der Waals surface area contributed by atoms with Crippen molar-refractivity contribution in [3.05, 3.63) is 65.7 Å². The average molecular weight is 474 g/mol.